The van der Waals surface area contributed by atoms with E-state index in [1.165, 1.54) is 0 Å². The van der Waals surface area contributed by atoms with Crippen LogP contribution in [0.25, 0.3) is 11.0 Å². The predicted octanol–water partition coefficient (Wildman–Crippen LogP) is 0.785. The van der Waals surface area contributed by atoms with E-state index in [-0.39, 0.29) is 6.29 Å². The molecule has 1 N–H and O–H groups in total. The molecule has 2 radical (unpaired) electrons. The Labute approximate surface area is 99.4 Å². The van der Waals surface area contributed by atoms with Gasteiger partial charge in [0.2, 0.25) is 6.29 Å². The van der Waals surface area contributed by atoms with E-state index in [0.29, 0.717) is 6.42 Å². The van der Waals surface area contributed by atoms with Crippen LogP contribution in [0.15, 0.2) is 34.9 Å². The van der Waals surface area contributed by atoms with Crippen LogP contribution in [0.5, 0.6) is 0 Å². The number of hydrogen-bond acceptors (Lipinski definition) is 3. The van der Waals surface area contributed by atoms with Crippen molar-refractivity contribution in [3.05, 3.63) is 36.1 Å². The van der Waals surface area contributed by atoms with Gasteiger partial charge in [-0.2, -0.15) is 0 Å². The van der Waals surface area contributed by atoms with E-state index in [1.54, 1.807) is 6.26 Å². The second-order valence-corrected chi connectivity index (χ2v) is 3.69. The Balaban J connectivity index is 2.13. The van der Waals surface area contributed by atoms with Crippen LogP contribution in [0.3, 0.4) is 0 Å². The van der Waals surface area contributed by atoms with Gasteiger partial charge in [0, 0.05) is 5.39 Å². The summed E-state index contributed by atoms with van der Waals surface area (Å²) in [6.07, 6.45) is 2.22. The van der Waals surface area contributed by atoms with E-state index in [0.717, 1.165) is 16.5 Å². The van der Waals surface area contributed by atoms with Crippen LogP contribution in [0.2, 0.25) is 0 Å². The van der Waals surface area contributed by atoms with Crippen LogP contribution in [0.4, 0.5) is 0 Å². The van der Waals surface area contributed by atoms with Crippen molar-refractivity contribution in [3.8, 4) is 0 Å². The van der Waals surface area contributed by atoms with Gasteiger partial charge in [0.15, 0.2) is 0 Å². The molecule has 1 atom stereocenters. The fourth-order valence-electron chi connectivity index (χ4n) is 1.70. The molecular formula is C12H10BNO3. The second-order valence-electron chi connectivity index (χ2n) is 3.69. The summed E-state index contributed by atoms with van der Waals surface area (Å²) in [6.45, 7) is 0. The zero-order valence-electron chi connectivity index (χ0n) is 9.05. The maximum atomic E-state index is 10.8. The van der Waals surface area contributed by atoms with Gasteiger partial charge < -0.3 is 9.73 Å². The van der Waals surface area contributed by atoms with E-state index in [2.05, 4.69) is 5.32 Å². The first-order valence-electron chi connectivity index (χ1n) is 5.17. The van der Waals surface area contributed by atoms with Gasteiger partial charge in [0.05, 0.1) is 14.1 Å². The molecule has 1 aromatic carbocycles. The number of furan rings is 1. The molecule has 2 aromatic rings. The summed E-state index contributed by atoms with van der Waals surface area (Å²) in [7, 11) is 5.70. The first kappa shape index (κ1) is 11.5. The quantitative estimate of drug-likeness (QED) is 0.477. The molecule has 1 unspecified atom stereocenters. The molecule has 2 rings (SSSR count). The van der Waals surface area contributed by atoms with E-state index < -0.39 is 11.8 Å². The van der Waals surface area contributed by atoms with E-state index in [1.807, 2.05) is 24.3 Å². The number of rotatable bonds is 4. The number of hydrogen-bond donors (Lipinski definition) is 1. The number of aldehydes is 1. The SMILES string of the molecule is [B]C(Cc1coc2ccccc12)NC(=O)C=O. The van der Waals surface area contributed by atoms with E-state index in [9.17, 15) is 9.59 Å². The minimum atomic E-state index is -0.717. The summed E-state index contributed by atoms with van der Waals surface area (Å²) in [5, 5.41) is 3.32. The van der Waals surface area contributed by atoms with Crippen LogP contribution in [0.1, 0.15) is 5.56 Å². The first-order valence-corrected chi connectivity index (χ1v) is 5.17. The third-order valence-electron chi connectivity index (χ3n) is 2.44. The molecule has 5 heteroatoms. The van der Waals surface area contributed by atoms with Crippen LogP contribution in [0, 0.1) is 0 Å². The number of benzene rings is 1. The monoisotopic (exact) mass is 227 g/mol. The van der Waals surface area contributed by atoms with Crippen molar-refractivity contribution in [3.63, 3.8) is 0 Å². The van der Waals surface area contributed by atoms with Crippen molar-refractivity contribution in [2.24, 2.45) is 0 Å². The third-order valence-corrected chi connectivity index (χ3v) is 2.44. The zero-order valence-corrected chi connectivity index (χ0v) is 9.05. The predicted molar refractivity (Wildman–Crippen MR) is 63.7 cm³/mol. The largest absolute Gasteiger partial charge is 0.464 e. The normalized spacial score (nSPS) is 12.2. The molecule has 1 aromatic heterocycles. The summed E-state index contributed by atoms with van der Waals surface area (Å²) < 4.78 is 5.34. The Morgan fingerprint density at radius 2 is 2.24 bits per heavy atom. The Hall–Kier alpha value is -2.04. The Bertz CT molecular complexity index is 549. The highest BCUT2D eigenvalue weighted by atomic mass is 16.3. The first-order chi connectivity index (χ1) is 8.20. The molecule has 1 amide bonds. The highest BCUT2D eigenvalue weighted by Gasteiger charge is 2.10. The number of amides is 1. The van der Waals surface area contributed by atoms with Crippen molar-refractivity contribution in [2.75, 3.05) is 0 Å². The minimum absolute atomic E-state index is 0.202. The minimum Gasteiger partial charge on any atom is -0.464 e. The van der Waals surface area contributed by atoms with Gasteiger partial charge in [-0.3, -0.25) is 9.59 Å². The number of para-hydroxylation sites is 1. The van der Waals surface area contributed by atoms with Crippen molar-refractivity contribution in [1.82, 2.24) is 5.32 Å². The number of carbonyl (C=O) groups excluding carboxylic acids is 2. The van der Waals surface area contributed by atoms with E-state index >= 15 is 0 Å². The Morgan fingerprint density at radius 3 is 3.00 bits per heavy atom. The van der Waals surface area contributed by atoms with Crippen molar-refractivity contribution >= 4 is 31.0 Å². The molecule has 0 bridgehead atoms. The lowest BCUT2D eigenvalue weighted by Crippen LogP contribution is -2.37. The summed E-state index contributed by atoms with van der Waals surface area (Å²) in [5.41, 5.74) is 1.68. The lowest BCUT2D eigenvalue weighted by Gasteiger charge is -2.10. The molecule has 0 saturated heterocycles. The third kappa shape index (κ3) is 2.56. The zero-order chi connectivity index (χ0) is 12.3. The Kier molecular flexibility index (Phi) is 3.28. The molecule has 1 heterocycles. The molecule has 0 aliphatic rings. The van der Waals surface area contributed by atoms with Gasteiger partial charge in [-0.1, -0.05) is 18.2 Å². The van der Waals surface area contributed by atoms with Crippen molar-refractivity contribution in [1.29, 1.82) is 0 Å². The molecule has 0 spiro atoms. The Morgan fingerprint density at radius 1 is 1.47 bits per heavy atom. The van der Waals surface area contributed by atoms with Crippen LogP contribution in [-0.4, -0.2) is 26.0 Å². The number of carbonyl (C=O) groups is 2. The highest BCUT2D eigenvalue weighted by molar-refractivity contribution is 6.26. The number of nitrogens with one attached hydrogen (secondary N) is 1. The average Bonchev–Trinajstić information content (AvgIpc) is 2.72. The molecule has 17 heavy (non-hydrogen) atoms. The summed E-state index contributed by atoms with van der Waals surface area (Å²) in [5.74, 6) is -1.32. The fraction of sp³-hybridized carbons (Fsp3) is 0.167. The maximum absolute atomic E-state index is 10.8. The average molecular weight is 227 g/mol. The molecule has 0 aliphatic carbocycles. The smallest absolute Gasteiger partial charge is 0.283 e. The van der Waals surface area contributed by atoms with Gasteiger partial charge in [-0.15, -0.1) is 0 Å². The van der Waals surface area contributed by atoms with Crippen molar-refractivity contribution < 1.29 is 14.0 Å². The fourth-order valence-corrected chi connectivity index (χ4v) is 1.70. The lowest BCUT2D eigenvalue weighted by atomic mass is 9.89. The summed E-state index contributed by atoms with van der Waals surface area (Å²) >= 11 is 0. The maximum Gasteiger partial charge on any atom is 0.283 e. The molecule has 4 nitrogen and oxygen atoms in total. The second kappa shape index (κ2) is 4.87. The van der Waals surface area contributed by atoms with Gasteiger partial charge in [-0.05, 0) is 24.0 Å². The van der Waals surface area contributed by atoms with Crippen LogP contribution >= 0.6 is 0 Å². The van der Waals surface area contributed by atoms with Crippen molar-refractivity contribution in [2.45, 2.75) is 12.4 Å². The van der Waals surface area contributed by atoms with Gasteiger partial charge in [0.1, 0.15) is 5.58 Å². The summed E-state index contributed by atoms with van der Waals surface area (Å²) in [4.78, 5) is 21.0. The molecule has 0 aliphatic heterocycles. The topological polar surface area (TPSA) is 59.3 Å². The number of fused-ring (bicyclic) bond motifs is 1. The van der Waals surface area contributed by atoms with E-state index in [4.69, 9.17) is 12.3 Å². The molecular weight excluding hydrogens is 217 g/mol. The summed E-state index contributed by atoms with van der Waals surface area (Å²) in [6, 6.07) is 7.55. The van der Waals surface area contributed by atoms with Gasteiger partial charge in [0.25, 0.3) is 5.91 Å². The molecule has 84 valence electrons. The van der Waals surface area contributed by atoms with Gasteiger partial charge in [-0.25, -0.2) is 0 Å². The standard InChI is InChI=1S/C12H10BNO3/c13-11(14-12(16)6-15)5-8-7-17-10-4-2-1-3-9(8)10/h1-4,6-7,11H,5H2,(H,14,16). The van der Waals surface area contributed by atoms with Crippen LogP contribution in [-0.2, 0) is 16.0 Å². The van der Waals surface area contributed by atoms with Crippen LogP contribution < -0.4 is 5.32 Å². The van der Waals surface area contributed by atoms with Gasteiger partial charge >= 0.3 is 0 Å². The lowest BCUT2D eigenvalue weighted by molar-refractivity contribution is -0.131. The highest BCUT2D eigenvalue weighted by Crippen LogP contribution is 2.21. The molecule has 0 saturated carbocycles. The molecule has 0 fully saturated rings.